The summed E-state index contributed by atoms with van der Waals surface area (Å²) in [6.45, 7) is 0.389. The molecule has 1 N–H and O–H groups in total. The number of aromatic nitrogens is 3. The average Bonchev–Trinajstić information content (AvgIpc) is 3.02. The van der Waals surface area contributed by atoms with Crippen LogP contribution in [0.25, 0.3) is 11.4 Å². The maximum atomic E-state index is 13.1. The van der Waals surface area contributed by atoms with Crippen LogP contribution in [0.2, 0.25) is 0 Å². The van der Waals surface area contributed by atoms with E-state index in [4.69, 9.17) is 9.47 Å². The molecule has 0 aliphatic rings. The molecule has 8 nitrogen and oxygen atoms in total. The first kappa shape index (κ1) is 20.1. The summed E-state index contributed by atoms with van der Waals surface area (Å²) in [5, 5.41) is 7.03. The predicted molar refractivity (Wildman–Crippen MR) is 105 cm³/mol. The zero-order chi connectivity index (χ0) is 21.0. The number of methoxy groups -OCH3 is 2. The lowest BCUT2D eigenvalue weighted by atomic mass is 10.2. The van der Waals surface area contributed by atoms with Crippen molar-refractivity contribution in [2.45, 2.75) is 6.54 Å². The Morgan fingerprint density at radius 1 is 1.10 bits per heavy atom. The highest BCUT2D eigenvalue weighted by atomic mass is 19.1. The van der Waals surface area contributed by atoms with Gasteiger partial charge >= 0.3 is 5.69 Å². The van der Waals surface area contributed by atoms with Crippen LogP contribution in [0.3, 0.4) is 0 Å². The minimum Gasteiger partial charge on any atom is -0.493 e. The molecular weight excluding hydrogens is 379 g/mol. The Kier molecular flexibility index (Phi) is 5.96. The van der Waals surface area contributed by atoms with Crippen molar-refractivity contribution < 1.29 is 18.7 Å². The minimum atomic E-state index is -0.365. The largest absolute Gasteiger partial charge is 0.493 e. The summed E-state index contributed by atoms with van der Waals surface area (Å²) in [7, 11) is 4.60. The number of ether oxygens (including phenoxy) is 2. The SMILES string of the molecule is COc1ccc(C(=O)NCCn2nc(-c3ccc(F)cc3)n(C)c2=O)cc1OC. The predicted octanol–water partition coefficient (Wildman–Crippen LogP) is 1.84. The third kappa shape index (κ3) is 4.29. The molecule has 29 heavy (non-hydrogen) atoms. The standard InChI is InChI=1S/C20H21FN4O4/c1-24-18(13-4-7-15(21)8-5-13)23-25(20(24)27)11-10-22-19(26)14-6-9-16(28-2)17(12-14)29-3/h4-9,12H,10-11H2,1-3H3,(H,22,26). The molecular formula is C20H21FN4O4. The van der Waals surface area contributed by atoms with Crippen LogP contribution in [0.15, 0.2) is 47.3 Å². The number of amides is 1. The van der Waals surface area contributed by atoms with Crippen molar-refractivity contribution >= 4 is 5.91 Å². The number of halogens is 1. The van der Waals surface area contributed by atoms with Gasteiger partial charge in [0.05, 0.1) is 20.8 Å². The minimum absolute atomic E-state index is 0.187. The molecule has 9 heteroatoms. The van der Waals surface area contributed by atoms with Crippen LogP contribution in [0, 0.1) is 5.82 Å². The molecule has 0 bridgehead atoms. The normalized spacial score (nSPS) is 10.6. The highest BCUT2D eigenvalue weighted by molar-refractivity contribution is 5.94. The second kappa shape index (κ2) is 8.59. The lowest BCUT2D eigenvalue weighted by Crippen LogP contribution is -2.31. The first-order valence-electron chi connectivity index (χ1n) is 8.84. The Balaban J connectivity index is 1.68. The number of hydrogen-bond donors (Lipinski definition) is 1. The maximum absolute atomic E-state index is 13.1. The molecule has 3 aromatic rings. The van der Waals surface area contributed by atoms with Gasteiger partial charge in [-0.25, -0.2) is 13.9 Å². The van der Waals surface area contributed by atoms with Crippen LogP contribution >= 0.6 is 0 Å². The fraction of sp³-hybridized carbons (Fsp3) is 0.250. The van der Waals surface area contributed by atoms with E-state index in [1.54, 1.807) is 37.4 Å². The first-order chi connectivity index (χ1) is 13.9. The molecule has 2 aromatic carbocycles. The fourth-order valence-electron chi connectivity index (χ4n) is 2.84. The van der Waals surface area contributed by atoms with Crippen molar-refractivity contribution in [1.82, 2.24) is 19.7 Å². The van der Waals surface area contributed by atoms with E-state index in [2.05, 4.69) is 10.4 Å². The number of hydrogen-bond acceptors (Lipinski definition) is 5. The van der Waals surface area contributed by atoms with Crippen molar-refractivity contribution in [3.8, 4) is 22.9 Å². The molecule has 0 fully saturated rings. The molecule has 0 aliphatic carbocycles. The molecule has 3 rings (SSSR count). The van der Waals surface area contributed by atoms with E-state index in [-0.39, 0.29) is 30.5 Å². The second-order valence-corrected chi connectivity index (χ2v) is 6.22. The summed E-state index contributed by atoms with van der Waals surface area (Å²) in [6, 6.07) is 10.6. The quantitative estimate of drug-likeness (QED) is 0.654. The molecule has 0 unspecified atom stereocenters. The summed E-state index contributed by atoms with van der Waals surface area (Å²) >= 11 is 0. The van der Waals surface area contributed by atoms with Crippen LogP contribution < -0.4 is 20.5 Å². The van der Waals surface area contributed by atoms with Crippen LogP contribution in [0.1, 0.15) is 10.4 Å². The van der Waals surface area contributed by atoms with E-state index in [9.17, 15) is 14.0 Å². The Bertz CT molecular complexity index is 1070. The lowest BCUT2D eigenvalue weighted by Gasteiger charge is -2.10. The van der Waals surface area contributed by atoms with E-state index in [1.165, 1.54) is 35.6 Å². The van der Waals surface area contributed by atoms with Gasteiger partial charge < -0.3 is 14.8 Å². The van der Waals surface area contributed by atoms with E-state index >= 15 is 0 Å². The van der Waals surface area contributed by atoms with Gasteiger partial charge in [-0.2, -0.15) is 0 Å². The number of carbonyl (C=O) groups excluding carboxylic acids is 1. The third-order valence-electron chi connectivity index (χ3n) is 4.40. The van der Waals surface area contributed by atoms with E-state index in [0.29, 0.717) is 28.5 Å². The van der Waals surface area contributed by atoms with Gasteiger partial charge in [0.15, 0.2) is 17.3 Å². The molecule has 0 spiro atoms. The molecule has 0 atom stereocenters. The molecule has 152 valence electrons. The summed E-state index contributed by atoms with van der Waals surface area (Å²) in [5.41, 5.74) is 0.701. The van der Waals surface area contributed by atoms with Crippen molar-refractivity contribution in [1.29, 1.82) is 0 Å². The van der Waals surface area contributed by atoms with Crippen molar-refractivity contribution in [2.75, 3.05) is 20.8 Å². The third-order valence-corrected chi connectivity index (χ3v) is 4.40. The van der Waals surface area contributed by atoms with Crippen LogP contribution in [0.5, 0.6) is 11.5 Å². The topological polar surface area (TPSA) is 87.4 Å². The van der Waals surface area contributed by atoms with Gasteiger partial charge in [-0.3, -0.25) is 9.36 Å². The van der Waals surface area contributed by atoms with E-state index in [1.807, 2.05) is 0 Å². The Morgan fingerprint density at radius 3 is 2.45 bits per heavy atom. The highest BCUT2D eigenvalue weighted by Gasteiger charge is 2.14. The van der Waals surface area contributed by atoms with Crippen LogP contribution in [-0.2, 0) is 13.6 Å². The number of rotatable bonds is 7. The Morgan fingerprint density at radius 2 is 1.79 bits per heavy atom. The monoisotopic (exact) mass is 400 g/mol. The van der Waals surface area contributed by atoms with Crippen LogP contribution in [-0.4, -0.2) is 41.0 Å². The summed E-state index contributed by atoms with van der Waals surface area (Å²) in [6.07, 6.45) is 0. The number of benzene rings is 2. The van der Waals surface area contributed by atoms with Gasteiger partial charge in [-0.05, 0) is 42.5 Å². The van der Waals surface area contributed by atoms with Gasteiger partial charge in [0.25, 0.3) is 5.91 Å². The van der Waals surface area contributed by atoms with Crippen LogP contribution in [0.4, 0.5) is 4.39 Å². The zero-order valence-corrected chi connectivity index (χ0v) is 16.3. The number of nitrogens with one attached hydrogen (secondary N) is 1. The molecule has 1 amide bonds. The van der Waals surface area contributed by atoms with Gasteiger partial charge in [-0.1, -0.05) is 0 Å². The molecule has 1 heterocycles. The van der Waals surface area contributed by atoms with Gasteiger partial charge in [0.2, 0.25) is 0 Å². The Labute approximate surface area is 166 Å². The lowest BCUT2D eigenvalue weighted by molar-refractivity contribution is 0.0951. The molecule has 0 saturated carbocycles. The zero-order valence-electron chi connectivity index (χ0n) is 16.3. The number of nitrogens with zero attached hydrogens (tertiary/aromatic N) is 3. The average molecular weight is 400 g/mol. The first-order valence-corrected chi connectivity index (χ1v) is 8.84. The highest BCUT2D eigenvalue weighted by Crippen LogP contribution is 2.27. The summed E-state index contributed by atoms with van der Waals surface area (Å²) < 4.78 is 26.1. The fourth-order valence-corrected chi connectivity index (χ4v) is 2.84. The van der Waals surface area contributed by atoms with Crippen molar-refractivity contribution in [3.63, 3.8) is 0 Å². The van der Waals surface area contributed by atoms with Gasteiger partial charge in [0, 0.05) is 24.7 Å². The number of carbonyl (C=O) groups is 1. The van der Waals surface area contributed by atoms with Gasteiger partial charge in [-0.15, -0.1) is 5.10 Å². The Hall–Kier alpha value is -3.62. The molecule has 1 aromatic heterocycles. The van der Waals surface area contributed by atoms with E-state index < -0.39 is 0 Å². The summed E-state index contributed by atoms with van der Waals surface area (Å²) in [5.74, 6) is 0.716. The van der Waals surface area contributed by atoms with Gasteiger partial charge in [0.1, 0.15) is 5.82 Å². The molecule has 0 aliphatic heterocycles. The molecule has 0 radical (unpaired) electrons. The molecule has 0 saturated heterocycles. The smallest absolute Gasteiger partial charge is 0.345 e. The second-order valence-electron chi connectivity index (χ2n) is 6.22. The summed E-state index contributed by atoms with van der Waals surface area (Å²) in [4.78, 5) is 24.7. The van der Waals surface area contributed by atoms with E-state index in [0.717, 1.165) is 0 Å². The maximum Gasteiger partial charge on any atom is 0.345 e. The van der Waals surface area contributed by atoms with Crippen molar-refractivity contribution in [3.05, 3.63) is 64.3 Å². The van der Waals surface area contributed by atoms with Crippen molar-refractivity contribution in [2.24, 2.45) is 7.05 Å².